The molecule has 0 aliphatic heterocycles. The molecule has 18 heavy (non-hydrogen) atoms. The van der Waals surface area contributed by atoms with Crippen LogP contribution in [0.4, 0.5) is 5.82 Å². The van der Waals surface area contributed by atoms with E-state index in [1.807, 2.05) is 6.07 Å². The molecule has 96 valence electrons. The summed E-state index contributed by atoms with van der Waals surface area (Å²) in [5, 5.41) is 11.7. The highest BCUT2D eigenvalue weighted by atomic mass is 16.2. The van der Waals surface area contributed by atoms with Crippen LogP contribution >= 0.6 is 0 Å². The number of nitriles is 1. The lowest BCUT2D eigenvalue weighted by molar-refractivity contribution is 0.0798. The van der Waals surface area contributed by atoms with E-state index < -0.39 is 0 Å². The van der Waals surface area contributed by atoms with Crippen LogP contribution in [0.3, 0.4) is 0 Å². The summed E-state index contributed by atoms with van der Waals surface area (Å²) >= 11 is 0. The minimum atomic E-state index is -0.114. The van der Waals surface area contributed by atoms with E-state index in [4.69, 9.17) is 5.26 Å². The molecule has 5 heteroatoms. The zero-order valence-corrected chi connectivity index (χ0v) is 10.8. The fraction of sp³-hybridized carbons (Fsp3) is 0.462. The van der Waals surface area contributed by atoms with Crippen LogP contribution in [0.1, 0.15) is 30.1 Å². The maximum absolute atomic E-state index is 12.2. The summed E-state index contributed by atoms with van der Waals surface area (Å²) in [7, 11) is 1.69. The Morgan fingerprint density at radius 3 is 3.06 bits per heavy atom. The predicted octanol–water partition coefficient (Wildman–Crippen LogP) is 1.89. The van der Waals surface area contributed by atoms with Crippen LogP contribution in [0.25, 0.3) is 0 Å². The Kier molecular flexibility index (Phi) is 5.65. The summed E-state index contributed by atoms with van der Waals surface area (Å²) in [6.07, 6.45) is 2.96. The van der Waals surface area contributed by atoms with Crippen molar-refractivity contribution in [2.45, 2.75) is 19.8 Å². The first kappa shape index (κ1) is 14.0. The van der Waals surface area contributed by atoms with E-state index in [-0.39, 0.29) is 5.91 Å². The molecule has 0 radical (unpaired) electrons. The highest BCUT2D eigenvalue weighted by Crippen LogP contribution is 2.13. The van der Waals surface area contributed by atoms with Crippen molar-refractivity contribution in [1.29, 1.82) is 5.26 Å². The van der Waals surface area contributed by atoms with Gasteiger partial charge in [-0.15, -0.1) is 0 Å². The van der Waals surface area contributed by atoms with Crippen LogP contribution in [-0.4, -0.2) is 35.9 Å². The number of pyridine rings is 1. The Balaban J connectivity index is 2.81. The first-order valence-electron chi connectivity index (χ1n) is 6.02. The van der Waals surface area contributed by atoms with E-state index >= 15 is 0 Å². The molecule has 0 saturated carbocycles. The van der Waals surface area contributed by atoms with E-state index in [1.54, 1.807) is 25.4 Å². The highest BCUT2D eigenvalue weighted by molar-refractivity contribution is 5.98. The van der Waals surface area contributed by atoms with Crippen LogP contribution in [-0.2, 0) is 0 Å². The monoisotopic (exact) mass is 246 g/mol. The van der Waals surface area contributed by atoms with Crippen molar-refractivity contribution in [1.82, 2.24) is 9.88 Å². The molecule has 0 unspecified atom stereocenters. The van der Waals surface area contributed by atoms with Gasteiger partial charge in [0.1, 0.15) is 5.82 Å². The van der Waals surface area contributed by atoms with Crippen LogP contribution in [0, 0.1) is 11.3 Å². The van der Waals surface area contributed by atoms with Gasteiger partial charge in [0.15, 0.2) is 0 Å². The molecule has 0 atom stereocenters. The fourth-order valence-electron chi connectivity index (χ4n) is 1.49. The number of anilines is 1. The predicted molar refractivity (Wildman–Crippen MR) is 70.2 cm³/mol. The van der Waals surface area contributed by atoms with E-state index in [0.29, 0.717) is 24.3 Å². The largest absolute Gasteiger partial charge is 0.369 e. The number of rotatable bonds is 6. The molecular weight excluding hydrogens is 228 g/mol. The maximum atomic E-state index is 12.2. The standard InChI is InChI=1S/C13H18N4O/c1-3-8-15-12-11(6-4-9-16-12)13(18)17(2)10-5-7-14/h4,6,9H,3,5,8,10H2,1-2H3,(H,15,16). The lowest BCUT2D eigenvalue weighted by Crippen LogP contribution is -2.28. The number of carbonyl (C=O) groups is 1. The molecule has 1 aromatic heterocycles. The number of hydrogen-bond acceptors (Lipinski definition) is 4. The Morgan fingerprint density at radius 2 is 2.39 bits per heavy atom. The number of nitrogens with one attached hydrogen (secondary N) is 1. The van der Waals surface area contributed by atoms with Gasteiger partial charge in [0.2, 0.25) is 0 Å². The van der Waals surface area contributed by atoms with E-state index in [1.165, 1.54) is 4.90 Å². The minimum Gasteiger partial charge on any atom is -0.369 e. The van der Waals surface area contributed by atoms with E-state index in [9.17, 15) is 4.79 Å². The van der Waals surface area contributed by atoms with Crippen molar-refractivity contribution in [3.8, 4) is 6.07 Å². The maximum Gasteiger partial charge on any atom is 0.257 e. The smallest absolute Gasteiger partial charge is 0.257 e. The molecule has 1 amide bonds. The molecule has 1 aromatic rings. The molecule has 1 heterocycles. The second-order valence-corrected chi connectivity index (χ2v) is 3.96. The first-order chi connectivity index (χ1) is 8.70. The van der Waals surface area contributed by atoms with Gasteiger partial charge in [-0.1, -0.05) is 6.92 Å². The number of carbonyl (C=O) groups excluding carboxylic acids is 1. The Bertz CT molecular complexity index is 439. The van der Waals surface area contributed by atoms with Crippen LogP contribution in [0.15, 0.2) is 18.3 Å². The number of nitrogens with zero attached hydrogens (tertiary/aromatic N) is 3. The van der Waals surface area contributed by atoms with E-state index in [0.717, 1.165) is 13.0 Å². The second kappa shape index (κ2) is 7.28. The van der Waals surface area contributed by atoms with Crippen molar-refractivity contribution >= 4 is 11.7 Å². The molecule has 0 aromatic carbocycles. The SMILES string of the molecule is CCCNc1ncccc1C(=O)N(C)CCC#N. The van der Waals surface area contributed by atoms with Gasteiger partial charge in [-0.25, -0.2) is 4.98 Å². The Morgan fingerprint density at radius 1 is 1.61 bits per heavy atom. The summed E-state index contributed by atoms with van der Waals surface area (Å²) in [6, 6.07) is 5.51. The fourth-order valence-corrected chi connectivity index (χ4v) is 1.49. The molecule has 0 bridgehead atoms. The number of aromatic nitrogens is 1. The van der Waals surface area contributed by atoms with Gasteiger partial charge >= 0.3 is 0 Å². The lowest BCUT2D eigenvalue weighted by atomic mass is 10.2. The molecule has 1 rings (SSSR count). The van der Waals surface area contributed by atoms with Crippen molar-refractivity contribution in [2.75, 3.05) is 25.5 Å². The van der Waals surface area contributed by atoms with Crippen LogP contribution < -0.4 is 5.32 Å². The van der Waals surface area contributed by atoms with Gasteiger partial charge in [0.05, 0.1) is 18.1 Å². The van der Waals surface area contributed by atoms with Gasteiger partial charge < -0.3 is 10.2 Å². The third-order valence-electron chi connectivity index (χ3n) is 2.49. The lowest BCUT2D eigenvalue weighted by Gasteiger charge is -2.17. The summed E-state index contributed by atoms with van der Waals surface area (Å²) in [4.78, 5) is 17.9. The Labute approximate surface area is 107 Å². The highest BCUT2D eigenvalue weighted by Gasteiger charge is 2.15. The number of amides is 1. The molecule has 0 aliphatic carbocycles. The zero-order valence-electron chi connectivity index (χ0n) is 10.8. The van der Waals surface area contributed by atoms with Gasteiger partial charge in [-0.3, -0.25) is 4.79 Å². The molecule has 1 N–H and O–H groups in total. The quantitative estimate of drug-likeness (QED) is 0.832. The zero-order chi connectivity index (χ0) is 13.4. The molecule has 5 nitrogen and oxygen atoms in total. The molecule has 0 saturated heterocycles. The minimum absolute atomic E-state index is 0.114. The molecule has 0 aliphatic rings. The van der Waals surface area contributed by atoms with Crippen LogP contribution in [0.5, 0.6) is 0 Å². The van der Waals surface area contributed by atoms with Crippen molar-refractivity contribution in [3.63, 3.8) is 0 Å². The number of hydrogen-bond donors (Lipinski definition) is 1. The molecule has 0 fully saturated rings. The average Bonchev–Trinajstić information content (AvgIpc) is 2.42. The van der Waals surface area contributed by atoms with Gasteiger partial charge in [0, 0.05) is 26.3 Å². The third-order valence-corrected chi connectivity index (χ3v) is 2.49. The third kappa shape index (κ3) is 3.74. The topological polar surface area (TPSA) is 69.0 Å². The summed E-state index contributed by atoms with van der Waals surface area (Å²) in [5.74, 6) is 0.491. The van der Waals surface area contributed by atoms with Gasteiger partial charge in [-0.2, -0.15) is 5.26 Å². The van der Waals surface area contributed by atoms with Crippen molar-refractivity contribution in [3.05, 3.63) is 23.9 Å². The molecule has 0 spiro atoms. The summed E-state index contributed by atoms with van der Waals surface area (Å²) < 4.78 is 0. The Hall–Kier alpha value is -2.09. The second-order valence-electron chi connectivity index (χ2n) is 3.96. The van der Waals surface area contributed by atoms with E-state index in [2.05, 4.69) is 17.2 Å². The van der Waals surface area contributed by atoms with Crippen molar-refractivity contribution in [2.24, 2.45) is 0 Å². The van der Waals surface area contributed by atoms with Crippen molar-refractivity contribution < 1.29 is 4.79 Å². The average molecular weight is 246 g/mol. The summed E-state index contributed by atoms with van der Waals surface area (Å²) in [6.45, 7) is 3.26. The normalized spacial score (nSPS) is 9.61. The molecular formula is C13H18N4O. The first-order valence-corrected chi connectivity index (χ1v) is 6.02. The van der Waals surface area contributed by atoms with Gasteiger partial charge in [0.25, 0.3) is 5.91 Å². The van der Waals surface area contributed by atoms with Crippen LogP contribution in [0.2, 0.25) is 0 Å². The summed E-state index contributed by atoms with van der Waals surface area (Å²) in [5.41, 5.74) is 0.548. The van der Waals surface area contributed by atoms with Gasteiger partial charge in [-0.05, 0) is 18.6 Å².